The highest BCUT2D eigenvalue weighted by molar-refractivity contribution is 7.99. The van der Waals surface area contributed by atoms with E-state index in [9.17, 15) is 24.0 Å². The zero-order valence-electron chi connectivity index (χ0n) is 33.9. The van der Waals surface area contributed by atoms with E-state index in [2.05, 4.69) is 5.32 Å². The van der Waals surface area contributed by atoms with E-state index in [1.807, 2.05) is 71.9 Å². The number of fused-ring (bicyclic) bond motifs is 1. The zero-order chi connectivity index (χ0) is 43.4. The molecule has 10 atom stereocenters. The van der Waals surface area contributed by atoms with E-state index in [4.69, 9.17) is 81.5 Å². The minimum atomic E-state index is -3.33. The first-order valence-corrected chi connectivity index (χ1v) is 22.3. The average Bonchev–Trinajstić information content (AvgIpc) is 3.08. The van der Waals surface area contributed by atoms with Crippen LogP contribution in [0.5, 0.6) is 0 Å². The van der Waals surface area contributed by atoms with Gasteiger partial charge in [-0.3, -0.25) is 19.2 Å². The SMILES string of the molecule is CC(=O)OC[C@H]1O[C@@H](O[C@@H]2[C@@H](NC(=O)OCC(Cl)(Cl)Cl)[C@H](Sc3ccccc3)O[C@@H]3CO[Si](C(C)(C)C)(C(C)(C)C)O[C@H]23)[C@H](OC(C)=O)[C@@H](OC(C)=O)[C@H]1OC(C)=O. The molecule has 58 heavy (non-hydrogen) atoms. The lowest BCUT2D eigenvalue weighted by atomic mass is 9.95. The van der Waals surface area contributed by atoms with Gasteiger partial charge in [-0.15, -0.1) is 0 Å². The third-order valence-corrected chi connectivity index (χ3v) is 15.9. The topological polar surface area (TPSA) is 190 Å². The van der Waals surface area contributed by atoms with Crippen LogP contribution in [0.1, 0.15) is 69.2 Å². The van der Waals surface area contributed by atoms with Gasteiger partial charge in [0.2, 0.25) is 3.79 Å². The van der Waals surface area contributed by atoms with Gasteiger partial charge >= 0.3 is 38.5 Å². The van der Waals surface area contributed by atoms with Crippen molar-refractivity contribution in [2.45, 2.75) is 148 Å². The molecule has 0 unspecified atom stereocenters. The largest absolute Gasteiger partial charge is 0.463 e. The Kier molecular flexibility index (Phi) is 16.3. The van der Waals surface area contributed by atoms with E-state index in [1.165, 1.54) is 11.8 Å². The first-order valence-electron chi connectivity index (χ1n) is 18.5. The normalized spacial score (nSPS) is 29.9. The Bertz CT molecular complexity index is 1610. The van der Waals surface area contributed by atoms with E-state index in [0.29, 0.717) is 0 Å². The number of nitrogens with one attached hydrogen (secondary N) is 1. The number of amides is 1. The van der Waals surface area contributed by atoms with Gasteiger partial charge in [0.05, 0.1) is 12.6 Å². The Morgan fingerprint density at radius 2 is 1.34 bits per heavy atom. The number of hydrogen-bond acceptors (Lipinski definition) is 16. The summed E-state index contributed by atoms with van der Waals surface area (Å²) >= 11 is 19.0. The van der Waals surface area contributed by atoms with Gasteiger partial charge in [-0.2, -0.15) is 0 Å². The number of esters is 4. The van der Waals surface area contributed by atoms with Crippen LogP contribution in [0.4, 0.5) is 4.79 Å². The fraction of sp³-hybridized carbons (Fsp3) is 0.703. The van der Waals surface area contributed by atoms with Gasteiger partial charge in [-0.25, -0.2) is 4.79 Å². The van der Waals surface area contributed by atoms with E-state index in [-0.39, 0.29) is 6.61 Å². The minimum absolute atomic E-state index is 0.0696. The van der Waals surface area contributed by atoms with E-state index in [0.717, 1.165) is 32.6 Å². The summed E-state index contributed by atoms with van der Waals surface area (Å²) in [7, 11) is -3.33. The van der Waals surface area contributed by atoms with Crippen molar-refractivity contribution in [3.8, 4) is 0 Å². The zero-order valence-corrected chi connectivity index (χ0v) is 38.0. The molecule has 16 nitrogen and oxygen atoms in total. The Balaban J connectivity index is 1.92. The number of rotatable bonds is 11. The molecule has 3 aliphatic rings. The lowest BCUT2D eigenvalue weighted by Gasteiger charge is -2.58. The number of alkyl halides is 3. The quantitative estimate of drug-likeness (QED) is 0.120. The van der Waals surface area contributed by atoms with Crippen LogP contribution < -0.4 is 5.32 Å². The fourth-order valence-electron chi connectivity index (χ4n) is 7.34. The molecule has 3 fully saturated rings. The highest BCUT2D eigenvalue weighted by atomic mass is 35.6. The fourth-order valence-corrected chi connectivity index (χ4v) is 13.6. The molecule has 3 saturated heterocycles. The number of alkyl carbamates (subject to hydrolysis) is 1. The number of hydrogen-bond donors (Lipinski definition) is 1. The van der Waals surface area contributed by atoms with Crippen LogP contribution >= 0.6 is 46.6 Å². The predicted molar refractivity (Wildman–Crippen MR) is 212 cm³/mol. The number of carbonyl (C=O) groups is 5. The van der Waals surface area contributed by atoms with Crippen molar-refractivity contribution < 1.29 is 70.7 Å². The molecule has 0 spiro atoms. The van der Waals surface area contributed by atoms with Gasteiger partial charge in [-0.1, -0.05) is 106 Å². The van der Waals surface area contributed by atoms with Crippen molar-refractivity contribution in [1.29, 1.82) is 0 Å². The number of thioether (sulfide) groups is 1. The summed E-state index contributed by atoms with van der Waals surface area (Å²) in [6.45, 7) is 15.6. The van der Waals surface area contributed by atoms with Gasteiger partial charge in [0.25, 0.3) is 0 Å². The number of ether oxygens (including phenoxy) is 8. The van der Waals surface area contributed by atoms with Gasteiger partial charge in [0.1, 0.15) is 43.1 Å². The standard InChI is InChI=1S/C37H52Cl3NO15SSi/c1-19(42)47-16-24-27(50-20(2)43)30(51-21(3)44)31(52-22(4)45)32(53-24)55-29-26(41-34(46)48-18-37(38,39)40)33(57-23-14-12-11-13-15-23)54-25-17-49-58(35(5,6)7,36(8,9)10)56-28(25)29/h11-15,24-33H,16-18H2,1-10H3,(H,41,46)/t24-,25-,26-,27+,28+,29-,30+,31-,32+,33+/m1/s1. The molecule has 3 aliphatic heterocycles. The monoisotopic (exact) mass is 915 g/mol. The van der Waals surface area contributed by atoms with Crippen LogP contribution in [-0.2, 0) is 65.9 Å². The highest BCUT2D eigenvalue weighted by Gasteiger charge is 2.66. The van der Waals surface area contributed by atoms with Crippen LogP contribution in [-0.4, -0.2) is 123 Å². The number of benzene rings is 1. The predicted octanol–water partition coefficient (Wildman–Crippen LogP) is 5.89. The van der Waals surface area contributed by atoms with Gasteiger partial charge in [0, 0.05) is 42.7 Å². The third kappa shape index (κ3) is 12.3. The highest BCUT2D eigenvalue weighted by Crippen LogP contribution is 2.56. The molecule has 4 rings (SSSR count). The molecular weight excluding hydrogens is 865 g/mol. The second kappa shape index (κ2) is 19.5. The van der Waals surface area contributed by atoms with Crippen molar-refractivity contribution >= 4 is 85.1 Å². The molecule has 0 saturated carbocycles. The maximum Gasteiger partial charge on any atom is 0.407 e. The molecule has 1 N–H and O–H groups in total. The molecule has 0 aliphatic carbocycles. The number of carbonyl (C=O) groups excluding carboxylic acids is 5. The second-order valence-corrected chi connectivity index (χ2v) is 24.5. The van der Waals surface area contributed by atoms with E-state index < -0.39 is 126 Å². The Hall–Kier alpha value is -2.39. The lowest BCUT2D eigenvalue weighted by Crippen LogP contribution is -2.74. The Labute approximate surface area is 358 Å². The smallest absolute Gasteiger partial charge is 0.407 e. The van der Waals surface area contributed by atoms with Crippen LogP contribution in [0, 0.1) is 0 Å². The first-order chi connectivity index (χ1) is 26.8. The summed E-state index contributed by atoms with van der Waals surface area (Å²) in [5.41, 5.74) is -0.940. The van der Waals surface area contributed by atoms with E-state index in [1.54, 1.807) is 0 Å². The molecule has 21 heteroatoms. The maximum absolute atomic E-state index is 13.6. The molecule has 1 aromatic carbocycles. The summed E-state index contributed by atoms with van der Waals surface area (Å²) in [6, 6.07) is 8.03. The summed E-state index contributed by atoms with van der Waals surface area (Å²) < 4.78 is 59.5. The van der Waals surface area contributed by atoms with Crippen LogP contribution in [0.2, 0.25) is 10.1 Å². The molecule has 326 valence electrons. The van der Waals surface area contributed by atoms with Crippen molar-refractivity contribution in [3.05, 3.63) is 30.3 Å². The molecule has 3 heterocycles. The van der Waals surface area contributed by atoms with Gasteiger partial charge in [0.15, 0.2) is 24.6 Å². The molecular formula is C37H52Cl3NO15SSi. The summed E-state index contributed by atoms with van der Waals surface area (Å²) in [6.07, 6.45) is -11.6. The van der Waals surface area contributed by atoms with Crippen molar-refractivity contribution in [2.75, 3.05) is 19.8 Å². The molecule has 0 bridgehead atoms. The summed E-state index contributed by atoms with van der Waals surface area (Å²) in [5, 5.41) is 1.76. The molecule has 0 aromatic heterocycles. The average molecular weight is 917 g/mol. The summed E-state index contributed by atoms with van der Waals surface area (Å²) in [5.74, 6) is -3.15. The molecule has 1 aromatic rings. The Morgan fingerprint density at radius 3 is 1.88 bits per heavy atom. The lowest BCUT2D eigenvalue weighted by molar-refractivity contribution is -0.334. The second-order valence-electron chi connectivity index (χ2n) is 16.0. The van der Waals surface area contributed by atoms with Crippen LogP contribution in [0.15, 0.2) is 35.2 Å². The third-order valence-electron chi connectivity index (χ3n) is 9.26. The van der Waals surface area contributed by atoms with Crippen molar-refractivity contribution in [3.63, 3.8) is 0 Å². The Morgan fingerprint density at radius 1 is 0.776 bits per heavy atom. The van der Waals surface area contributed by atoms with Crippen molar-refractivity contribution in [1.82, 2.24) is 5.32 Å². The molecule has 1 amide bonds. The molecule has 0 radical (unpaired) electrons. The number of halogens is 3. The van der Waals surface area contributed by atoms with Crippen molar-refractivity contribution in [2.24, 2.45) is 0 Å². The maximum atomic E-state index is 13.6. The van der Waals surface area contributed by atoms with Crippen LogP contribution in [0.3, 0.4) is 0 Å². The minimum Gasteiger partial charge on any atom is -0.463 e. The van der Waals surface area contributed by atoms with Gasteiger partial charge < -0.3 is 52.1 Å². The van der Waals surface area contributed by atoms with Gasteiger partial charge in [-0.05, 0) is 12.1 Å². The summed E-state index contributed by atoms with van der Waals surface area (Å²) in [4.78, 5) is 64.1. The van der Waals surface area contributed by atoms with E-state index >= 15 is 0 Å². The van der Waals surface area contributed by atoms with Crippen LogP contribution in [0.25, 0.3) is 0 Å². The first kappa shape index (κ1) is 48.3.